The van der Waals surface area contributed by atoms with E-state index >= 15 is 0 Å². The van der Waals surface area contributed by atoms with Gasteiger partial charge in [-0.2, -0.15) is 0 Å². The Hall–Kier alpha value is -0.0800. The van der Waals surface area contributed by atoms with Crippen LogP contribution in [0, 0.1) is 0 Å². The second kappa shape index (κ2) is 7.24. The molecule has 2 nitrogen and oxygen atoms in total. The third-order valence-corrected chi connectivity index (χ3v) is 3.41. The molecule has 0 radical (unpaired) electrons. The molecular weight excluding hydrogens is 186 g/mol. The van der Waals surface area contributed by atoms with Gasteiger partial charge in [-0.05, 0) is 12.8 Å². The predicted molar refractivity (Wildman–Crippen MR) is 65.0 cm³/mol. The zero-order valence-electron chi connectivity index (χ0n) is 10.3. The summed E-state index contributed by atoms with van der Waals surface area (Å²) in [5.41, 5.74) is 6.21. The minimum atomic E-state index is 0.0173. The first-order valence-corrected chi connectivity index (χ1v) is 6.63. The van der Waals surface area contributed by atoms with Crippen molar-refractivity contribution in [2.24, 2.45) is 5.73 Å². The molecule has 1 aliphatic heterocycles. The lowest BCUT2D eigenvalue weighted by Gasteiger charge is -2.21. The molecule has 1 rings (SSSR count). The molecular formula is C13H27NO. The van der Waals surface area contributed by atoms with Crippen LogP contribution in [0.1, 0.15) is 64.7 Å². The number of nitrogens with two attached hydrogens (primary N) is 1. The first-order valence-electron chi connectivity index (χ1n) is 6.63. The van der Waals surface area contributed by atoms with E-state index in [9.17, 15) is 0 Å². The maximum atomic E-state index is 6.20. The van der Waals surface area contributed by atoms with Gasteiger partial charge in [-0.15, -0.1) is 0 Å². The van der Waals surface area contributed by atoms with Crippen molar-refractivity contribution in [2.45, 2.75) is 70.3 Å². The maximum Gasteiger partial charge on any atom is 0.0647 e. The molecule has 1 aliphatic rings. The van der Waals surface area contributed by atoms with Crippen molar-refractivity contribution in [3.8, 4) is 0 Å². The van der Waals surface area contributed by atoms with Crippen molar-refractivity contribution in [3.05, 3.63) is 0 Å². The molecule has 2 N–H and O–H groups in total. The van der Waals surface area contributed by atoms with Gasteiger partial charge >= 0.3 is 0 Å². The Morgan fingerprint density at radius 3 is 2.33 bits per heavy atom. The topological polar surface area (TPSA) is 35.2 Å². The Balaban J connectivity index is 1.88. The average Bonchev–Trinajstić information content (AvgIpc) is 2.64. The molecule has 1 unspecified atom stereocenters. The van der Waals surface area contributed by atoms with Gasteiger partial charge in [0.2, 0.25) is 0 Å². The Morgan fingerprint density at radius 2 is 1.73 bits per heavy atom. The quantitative estimate of drug-likeness (QED) is 0.628. The molecule has 90 valence electrons. The maximum absolute atomic E-state index is 6.20. The van der Waals surface area contributed by atoms with Crippen molar-refractivity contribution in [3.63, 3.8) is 0 Å². The summed E-state index contributed by atoms with van der Waals surface area (Å²) >= 11 is 0. The Kier molecular flexibility index (Phi) is 6.26. The molecule has 0 saturated carbocycles. The molecule has 0 aromatic rings. The molecule has 0 aromatic carbocycles. The van der Waals surface area contributed by atoms with E-state index in [1.165, 1.54) is 44.9 Å². The van der Waals surface area contributed by atoms with Gasteiger partial charge in [0.1, 0.15) is 0 Å². The van der Waals surface area contributed by atoms with Crippen LogP contribution in [0.5, 0.6) is 0 Å². The molecule has 0 aliphatic carbocycles. The summed E-state index contributed by atoms with van der Waals surface area (Å²) < 4.78 is 5.35. The Labute approximate surface area is 94.6 Å². The minimum absolute atomic E-state index is 0.0173. The van der Waals surface area contributed by atoms with E-state index in [0.29, 0.717) is 0 Å². The lowest BCUT2D eigenvalue weighted by atomic mass is 9.92. The van der Waals surface area contributed by atoms with Crippen LogP contribution in [0.15, 0.2) is 0 Å². The standard InChI is InChI=1S/C13H27NO/c1-2-3-4-5-6-7-8-9-13(14)10-11-15-12-13/h2-12,14H2,1H3. The third kappa shape index (κ3) is 5.53. The van der Waals surface area contributed by atoms with Gasteiger partial charge < -0.3 is 10.5 Å². The SMILES string of the molecule is CCCCCCCCCC1(N)CCOC1. The van der Waals surface area contributed by atoms with E-state index in [1.807, 2.05) is 0 Å². The lowest BCUT2D eigenvalue weighted by molar-refractivity contribution is 0.174. The predicted octanol–water partition coefficient (Wildman–Crippen LogP) is 3.24. The van der Waals surface area contributed by atoms with Crippen molar-refractivity contribution >= 4 is 0 Å². The average molecular weight is 213 g/mol. The molecule has 2 heteroatoms. The number of hydrogen-bond donors (Lipinski definition) is 1. The highest BCUT2D eigenvalue weighted by Gasteiger charge is 2.29. The monoisotopic (exact) mass is 213 g/mol. The molecule has 15 heavy (non-hydrogen) atoms. The zero-order valence-corrected chi connectivity index (χ0v) is 10.3. The number of unbranched alkanes of at least 4 members (excludes halogenated alkanes) is 6. The molecule has 1 saturated heterocycles. The summed E-state index contributed by atoms with van der Waals surface area (Å²) in [7, 11) is 0. The number of rotatable bonds is 8. The van der Waals surface area contributed by atoms with E-state index in [-0.39, 0.29) is 5.54 Å². The fourth-order valence-electron chi connectivity index (χ4n) is 2.25. The highest BCUT2D eigenvalue weighted by molar-refractivity contribution is 4.87. The van der Waals surface area contributed by atoms with Crippen molar-refractivity contribution < 1.29 is 4.74 Å². The fraction of sp³-hybridized carbons (Fsp3) is 1.00. The highest BCUT2D eigenvalue weighted by atomic mass is 16.5. The lowest BCUT2D eigenvalue weighted by Crippen LogP contribution is -2.40. The van der Waals surface area contributed by atoms with Gasteiger partial charge in [0.25, 0.3) is 0 Å². The van der Waals surface area contributed by atoms with Gasteiger partial charge in [-0.1, -0.05) is 51.9 Å². The summed E-state index contributed by atoms with van der Waals surface area (Å²) in [6, 6.07) is 0. The summed E-state index contributed by atoms with van der Waals surface area (Å²) in [4.78, 5) is 0. The van der Waals surface area contributed by atoms with Gasteiger partial charge in [-0.25, -0.2) is 0 Å². The largest absolute Gasteiger partial charge is 0.379 e. The van der Waals surface area contributed by atoms with Crippen LogP contribution in [0.25, 0.3) is 0 Å². The molecule has 1 fully saturated rings. The van der Waals surface area contributed by atoms with E-state index in [0.717, 1.165) is 26.1 Å². The van der Waals surface area contributed by atoms with E-state index in [4.69, 9.17) is 10.5 Å². The smallest absolute Gasteiger partial charge is 0.0647 e. The van der Waals surface area contributed by atoms with Crippen LogP contribution in [0.2, 0.25) is 0 Å². The van der Waals surface area contributed by atoms with Crippen LogP contribution in [-0.2, 0) is 4.74 Å². The van der Waals surface area contributed by atoms with Crippen LogP contribution in [0.3, 0.4) is 0 Å². The van der Waals surface area contributed by atoms with Gasteiger partial charge in [0.05, 0.1) is 6.61 Å². The summed E-state index contributed by atoms with van der Waals surface area (Å²) in [5.74, 6) is 0. The van der Waals surface area contributed by atoms with Crippen LogP contribution in [-0.4, -0.2) is 18.8 Å². The van der Waals surface area contributed by atoms with Crippen molar-refractivity contribution in [1.29, 1.82) is 0 Å². The van der Waals surface area contributed by atoms with Crippen LogP contribution >= 0.6 is 0 Å². The summed E-state index contributed by atoms with van der Waals surface area (Å²) in [6.45, 7) is 3.91. The number of hydrogen-bond acceptors (Lipinski definition) is 2. The first kappa shape index (κ1) is 13.0. The minimum Gasteiger partial charge on any atom is -0.379 e. The Morgan fingerprint density at radius 1 is 1.07 bits per heavy atom. The summed E-state index contributed by atoms with van der Waals surface area (Å²) in [5, 5.41) is 0. The third-order valence-electron chi connectivity index (χ3n) is 3.41. The second-order valence-electron chi connectivity index (χ2n) is 5.04. The molecule has 0 aromatic heterocycles. The van der Waals surface area contributed by atoms with Crippen molar-refractivity contribution in [1.82, 2.24) is 0 Å². The van der Waals surface area contributed by atoms with Crippen molar-refractivity contribution in [2.75, 3.05) is 13.2 Å². The second-order valence-corrected chi connectivity index (χ2v) is 5.04. The normalized spacial score (nSPS) is 26.0. The summed E-state index contributed by atoms with van der Waals surface area (Å²) in [6.07, 6.45) is 11.8. The number of ether oxygens (including phenoxy) is 1. The van der Waals surface area contributed by atoms with Gasteiger partial charge in [0.15, 0.2) is 0 Å². The van der Waals surface area contributed by atoms with Crippen LogP contribution in [0.4, 0.5) is 0 Å². The fourth-order valence-corrected chi connectivity index (χ4v) is 2.25. The zero-order chi connectivity index (χ0) is 11.0. The van der Waals surface area contributed by atoms with E-state index < -0.39 is 0 Å². The molecule has 0 amide bonds. The van der Waals surface area contributed by atoms with Gasteiger partial charge in [-0.3, -0.25) is 0 Å². The van der Waals surface area contributed by atoms with Crippen LogP contribution < -0.4 is 5.73 Å². The van der Waals surface area contributed by atoms with E-state index in [2.05, 4.69) is 6.92 Å². The molecule has 1 heterocycles. The highest BCUT2D eigenvalue weighted by Crippen LogP contribution is 2.22. The molecule has 1 atom stereocenters. The molecule has 0 spiro atoms. The Bertz CT molecular complexity index is 153. The van der Waals surface area contributed by atoms with E-state index in [1.54, 1.807) is 0 Å². The van der Waals surface area contributed by atoms with Gasteiger partial charge in [0, 0.05) is 12.1 Å². The first-order chi connectivity index (χ1) is 7.27. The molecule has 0 bridgehead atoms.